The average Bonchev–Trinajstić information content (AvgIpc) is 3.48. The highest BCUT2D eigenvalue weighted by molar-refractivity contribution is 5.67. The molecule has 5 rings (SSSR count). The third-order valence-electron chi connectivity index (χ3n) is 8.14. The van der Waals surface area contributed by atoms with Crippen LogP contribution in [0.1, 0.15) is 57.1 Å². The zero-order valence-electron chi connectivity index (χ0n) is 25.6. The summed E-state index contributed by atoms with van der Waals surface area (Å²) in [4.78, 5) is 11.6. The van der Waals surface area contributed by atoms with Crippen LogP contribution in [0.25, 0.3) is 11.1 Å². The standard InChI is InChI=1S/C32H40N10O3/c1-23(18-36-22-35)45-30-16-24(4-5-25(30)17-34)26-19-37-32(38-20-26)39-29-21-42(40-31(29)44-13-3-2-10-33)28-8-6-27(7-9-28)41-11-14-43-15-12-41/h4-5,16,19-23,27-28H,2-3,6-9,11-15,18H2,1H3,(H2,35,36)(H,37,38,39)/t23-,27?,28?/m0/s1. The summed E-state index contributed by atoms with van der Waals surface area (Å²) in [5, 5.41) is 36.5. The van der Waals surface area contributed by atoms with Gasteiger partial charge in [-0.05, 0) is 56.7 Å². The zero-order valence-corrected chi connectivity index (χ0v) is 25.6. The molecular formula is C32H40N10O3. The largest absolute Gasteiger partial charge is 0.487 e. The second-order valence-electron chi connectivity index (χ2n) is 11.3. The Labute approximate surface area is 263 Å². The van der Waals surface area contributed by atoms with Gasteiger partial charge in [0.15, 0.2) is 0 Å². The summed E-state index contributed by atoms with van der Waals surface area (Å²) in [6.45, 7) is 6.35. The van der Waals surface area contributed by atoms with Gasteiger partial charge < -0.3 is 24.8 Å². The van der Waals surface area contributed by atoms with Crippen LogP contribution in [0.15, 0.2) is 36.8 Å². The van der Waals surface area contributed by atoms with Gasteiger partial charge in [0.05, 0.1) is 56.6 Å². The predicted octanol–water partition coefficient (Wildman–Crippen LogP) is 4.42. The lowest BCUT2D eigenvalue weighted by Gasteiger charge is -2.38. The first kappa shape index (κ1) is 31.7. The Bertz CT molecular complexity index is 1480. The molecule has 13 heteroatoms. The van der Waals surface area contributed by atoms with Gasteiger partial charge in [-0.1, -0.05) is 6.07 Å². The Balaban J connectivity index is 1.27. The van der Waals surface area contributed by atoms with Crippen molar-refractivity contribution in [1.82, 2.24) is 30.0 Å². The molecule has 1 saturated carbocycles. The second kappa shape index (κ2) is 15.8. The summed E-state index contributed by atoms with van der Waals surface area (Å²) in [5.74, 6) is 1.32. The van der Waals surface area contributed by atoms with E-state index in [2.05, 4.69) is 37.6 Å². The number of morpholine rings is 1. The fourth-order valence-corrected chi connectivity index (χ4v) is 5.74. The molecule has 1 aromatic carbocycles. The van der Waals surface area contributed by atoms with Crippen LogP contribution in [0.3, 0.4) is 0 Å². The number of anilines is 2. The van der Waals surface area contributed by atoms with E-state index in [1.807, 2.05) is 23.9 Å². The number of nitrogens with zero attached hydrogens (tertiary/aromatic N) is 7. The van der Waals surface area contributed by atoms with Gasteiger partial charge in [-0.25, -0.2) is 9.97 Å². The van der Waals surface area contributed by atoms with Crippen molar-refractivity contribution >= 4 is 18.0 Å². The number of nitrogens with one attached hydrogen (secondary N) is 3. The highest BCUT2D eigenvalue weighted by atomic mass is 16.5. The Morgan fingerprint density at radius 2 is 1.87 bits per heavy atom. The molecule has 0 radical (unpaired) electrons. The highest BCUT2D eigenvalue weighted by Crippen LogP contribution is 2.35. The predicted molar refractivity (Wildman–Crippen MR) is 169 cm³/mol. The van der Waals surface area contributed by atoms with E-state index < -0.39 is 0 Å². The molecule has 13 nitrogen and oxygen atoms in total. The molecule has 0 bridgehead atoms. The molecular weight excluding hydrogens is 572 g/mol. The molecule has 1 aliphatic heterocycles. The smallest absolute Gasteiger partial charge is 0.256 e. The van der Waals surface area contributed by atoms with Crippen LogP contribution in [0.5, 0.6) is 11.6 Å². The molecule has 0 spiro atoms. The fraction of sp³-hybridized carbons (Fsp3) is 0.500. The minimum absolute atomic E-state index is 0.242. The summed E-state index contributed by atoms with van der Waals surface area (Å²) in [5.41, 5.74) is 2.68. The Morgan fingerprint density at radius 3 is 2.58 bits per heavy atom. The van der Waals surface area contributed by atoms with Crippen LogP contribution >= 0.6 is 0 Å². The van der Waals surface area contributed by atoms with Gasteiger partial charge in [-0.15, -0.1) is 5.10 Å². The van der Waals surface area contributed by atoms with Gasteiger partial charge in [-0.2, -0.15) is 10.5 Å². The first-order chi connectivity index (χ1) is 22.1. The quantitative estimate of drug-likeness (QED) is 0.134. The molecule has 1 saturated heterocycles. The van der Waals surface area contributed by atoms with Gasteiger partial charge in [0.25, 0.3) is 5.88 Å². The molecule has 2 fully saturated rings. The van der Waals surface area contributed by atoms with Crippen molar-refractivity contribution in [2.24, 2.45) is 0 Å². The van der Waals surface area contributed by atoms with E-state index in [1.54, 1.807) is 24.5 Å². The van der Waals surface area contributed by atoms with Crippen LogP contribution in [-0.4, -0.2) is 82.6 Å². The SMILES string of the molecule is C[C@@H](CNC=N)Oc1cc(-c2cnc(Nc3cn(C4CCC(N5CCOCC5)CC4)nc3OCCCC#N)nc2)ccc1C#N. The Morgan fingerprint density at radius 1 is 1.11 bits per heavy atom. The molecule has 236 valence electrons. The first-order valence-electron chi connectivity index (χ1n) is 15.5. The van der Waals surface area contributed by atoms with E-state index in [0.717, 1.165) is 69.5 Å². The minimum Gasteiger partial charge on any atom is -0.487 e. The highest BCUT2D eigenvalue weighted by Gasteiger charge is 2.29. The maximum absolute atomic E-state index is 9.55. The molecule has 45 heavy (non-hydrogen) atoms. The second-order valence-corrected chi connectivity index (χ2v) is 11.3. The Kier molecular flexibility index (Phi) is 11.2. The number of rotatable bonds is 14. The molecule has 0 amide bonds. The van der Waals surface area contributed by atoms with Gasteiger partial charge in [0.2, 0.25) is 5.95 Å². The van der Waals surface area contributed by atoms with Gasteiger partial charge in [-0.3, -0.25) is 15.0 Å². The van der Waals surface area contributed by atoms with Crippen molar-refractivity contribution in [1.29, 1.82) is 15.9 Å². The fourth-order valence-electron chi connectivity index (χ4n) is 5.74. The van der Waals surface area contributed by atoms with Crippen LogP contribution in [0, 0.1) is 28.1 Å². The lowest BCUT2D eigenvalue weighted by molar-refractivity contribution is 0.00503. The monoisotopic (exact) mass is 612 g/mol. The molecule has 3 N–H and O–H groups in total. The molecule has 1 aliphatic carbocycles. The summed E-state index contributed by atoms with van der Waals surface area (Å²) in [7, 11) is 0. The van der Waals surface area contributed by atoms with E-state index in [9.17, 15) is 5.26 Å². The lowest BCUT2D eigenvalue weighted by Crippen LogP contribution is -2.45. The van der Waals surface area contributed by atoms with Crippen molar-refractivity contribution in [3.63, 3.8) is 0 Å². The Hall–Kier alpha value is -4.72. The molecule has 1 atom stereocenters. The third-order valence-corrected chi connectivity index (χ3v) is 8.14. The molecule has 3 heterocycles. The number of benzene rings is 1. The summed E-state index contributed by atoms with van der Waals surface area (Å²) < 4.78 is 19.5. The number of hydrogen-bond donors (Lipinski definition) is 3. The van der Waals surface area contributed by atoms with Crippen LogP contribution in [0.2, 0.25) is 0 Å². The van der Waals surface area contributed by atoms with Crippen molar-refractivity contribution in [3.8, 4) is 34.9 Å². The van der Waals surface area contributed by atoms with Crippen molar-refractivity contribution in [2.75, 3.05) is 44.8 Å². The van der Waals surface area contributed by atoms with Crippen LogP contribution < -0.4 is 20.1 Å². The molecule has 3 aromatic rings. The summed E-state index contributed by atoms with van der Waals surface area (Å²) in [6.07, 6.45) is 11.6. The number of aromatic nitrogens is 4. The van der Waals surface area contributed by atoms with Crippen molar-refractivity contribution in [2.45, 2.75) is 63.6 Å². The number of unbranched alkanes of at least 4 members (excludes halogenated alkanes) is 1. The minimum atomic E-state index is -0.242. The number of hydrogen-bond acceptors (Lipinski definition) is 11. The van der Waals surface area contributed by atoms with E-state index in [0.29, 0.717) is 60.9 Å². The van der Waals surface area contributed by atoms with Gasteiger partial charge >= 0.3 is 0 Å². The number of ether oxygens (including phenoxy) is 3. The van der Waals surface area contributed by atoms with E-state index in [-0.39, 0.29) is 12.1 Å². The maximum Gasteiger partial charge on any atom is 0.256 e. The van der Waals surface area contributed by atoms with Gasteiger partial charge in [0.1, 0.15) is 23.6 Å². The lowest BCUT2D eigenvalue weighted by atomic mass is 9.90. The summed E-state index contributed by atoms with van der Waals surface area (Å²) in [6, 6.07) is 10.5. The third kappa shape index (κ3) is 8.47. The molecule has 0 unspecified atom stereocenters. The van der Waals surface area contributed by atoms with Crippen LogP contribution in [0.4, 0.5) is 11.6 Å². The van der Waals surface area contributed by atoms with E-state index in [4.69, 9.17) is 30.0 Å². The van der Waals surface area contributed by atoms with Crippen molar-refractivity contribution in [3.05, 3.63) is 42.4 Å². The average molecular weight is 613 g/mol. The van der Waals surface area contributed by atoms with Crippen molar-refractivity contribution < 1.29 is 14.2 Å². The van der Waals surface area contributed by atoms with Crippen LogP contribution in [-0.2, 0) is 4.74 Å². The maximum atomic E-state index is 9.55. The summed E-state index contributed by atoms with van der Waals surface area (Å²) >= 11 is 0. The topological polar surface area (TPSA) is 170 Å². The van der Waals surface area contributed by atoms with Gasteiger partial charge in [0, 0.05) is 43.5 Å². The van der Waals surface area contributed by atoms with E-state index in [1.165, 1.54) is 0 Å². The number of nitriles is 2. The zero-order chi connectivity index (χ0) is 31.4. The van der Waals surface area contributed by atoms with E-state index >= 15 is 0 Å². The first-order valence-corrected chi connectivity index (χ1v) is 15.5. The molecule has 2 aliphatic rings. The normalized spacial score (nSPS) is 19.1. The molecule has 2 aromatic heterocycles.